The summed E-state index contributed by atoms with van der Waals surface area (Å²) in [7, 11) is 0. The van der Waals surface area contributed by atoms with Crippen molar-refractivity contribution in [2.45, 2.75) is 39.0 Å². The Labute approximate surface area is 203 Å². The number of carboxylic acid groups (broad SMARTS) is 1. The number of fused-ring (bicyclic) bond motifs is 1. The van der Waals surface area contributed by atoms with Crippen molar-refractivity contribution in [1.82, 2.24) is 9.88 Å². The second-order valence-corrected chi connectivity index (χ2v) is 10.7. The number of piperazine rings is 1. The highest BCUT2D eigenvalue weighted by molar-refractivity contribution is 7.22. The number of hydrogen-bond donors (Lipinski definition) is 1. The lowest BCUT2D eigenvalue weighted by molar-refractivity contribution is -0.139. The lowest BCUT2D eigenvalue weighted by Crippen LogP contribution is -2.53. The van der Waals surface area contributed by atoms with Gasteiger partial charge in [-0.25, -0.2) is 9.78 Å². The van der Waals surface area contributed by atoms with Gasteiger partial charge in [0, 0.05) is 32.2 Å². The van der Waals surface area contributed by atoms with Crippen LogP contribution in [0.15, 0.2) is 29.6 Å². The normalized spacial score (nSPS) is 17.6. The van der Waals surface area contributed by atoms with Crippen molar-refractivity contribution in [1.29, 1.82) is 0 Å². The van der Waals surface area contributed by atoms with Gasteiger partial charge in [-0.15, -0.1) is 11.3 Å². The minimum atomic E-state index is -4.37. The molecule has 34 heavy (non-hydrogen) atoms. The molecule has 0 aliphatic carbocycles. The van der Waals surface area contributed by atoms with E-state index in [2.05, 4.69) is 28.6 Å². The van der Waals surface area contributed by atoms with Gasteiger partial charge in [0.2, 0.25) is 0 Å². The second kappa shape index (κ2) is 10.1. The maximum absolute atomic E-state index is 13.1. The van der Waals surface area contributed by atoms with E-state index in [-0.39, 0.29) is 12.6 Å². The summed E-state index contributed by atoms with van der Waals surface area (Å²) in [6.45, 7) is 7.02. The van der Waals surface area contributed by atoms with Crippen LogP contribution in [0.25, 0.3) is 10.2 Å². The van der Waals surface area contributed by atoms with Crippen LogP contribution in [-0.4, -0.2) is 53.2 Å². The van der Waals surface area contributed by atoms with Crippen molar-refractivity contribution < 1.29 is 27.8 Å². The first-order chi connectivity index (χ1) is 16.1. The third-order valence-electron chi connectivity index (χ3n) is 5.63. The third kappa shape index (κ3) is 6.00. The Hall–Kier alpha value is -2.37. The van der Waals surface area contributed by atoms with Gasteiger partial charge in [0.1, 0.15) is 0 Å². The predicted octanol–water partition coefficient (Wildman–Crippen LogP) is 5.58. The van der Waals surface area contributed by atoms with Crippen LogP contribution < -0.4 is 9.64 Å². The van der Waals surface area contributed by atoms with E-state index in [1.807, 2.05) is 11.4 Å². The lowest BCUT2D eigenvalue weighted by atomic mass is 10.00. The SMILES string of the molecule is CC(C)C[C@@H]1CN(Cc2csc(OCC(=O)O)c2)CCN1c1nc2ccc(C(F)(F)F)cc2s1. The number of hydrogen-bond acceptors (Lipinski definition) is 7. The fourth-order valence-electron chi connectivity index (χ4n) is 4.18. The van der Waals surface area contributed by atoms with Crippen molar-refractivity contribution in [3.8, 4) is 5.06 Å². The highest BCUT2D eigenvalue weighted by Gasteiger charge is 2.32. The highest BCUT2D eigenvalue weighted by atomic mass is 32.1. The lowest BCUT2D eigenvalue weighted by Gasteiger charge is -2.42. The van der Waals surface area contributed by atoms with Crippen molar-refractivity contribution in [2.24, 2.45) is 5.92 Å². The molecule has 1 atom stereocenters. The number of thiophene rings is 1. The minimum Gasteiger partial charge on any atom is -0.479 e. The van der Waals surface area contributed by atoms with Gasteiger partial charge in [0.05, 0.1) is 15.8 Å². The van der Waals surface area contributed by atoms with Gasteiger partial charge in [0.15, 0.2) is 16.8 Å². The molecule has 1 N–H and O–H groups in total. The fourth-order valence-corrected chi connectivity index (χ4v) is 6.03. The Balaban J connectivity index is 1.48. The number of carboxylic acids is 1. The number of aliphatic carboxylic acids is 1. The molecule has 1 saturated heterocycles. The number of nitrogens with zero attached hydrogens (tertiary/aromatic N) is 3. The molecule has 2 aromatic heterocycles. The van der Waals surface area contributed by atoms with Crippen molar-refractivity contribution in [2.75, 3.05) is 31.1 Å². The number of benzene rings is 1. The maximum Gasteiger partial charge on any atom is 0.416 e. The summed E-state index contributed by atoms with van der Waals surface area (Å²) in [6, 6.07) is 5.79. The van der Waals surface area contributed by atoms with E-state index in [1.165, 1.54) is 34.8 Å². The van der Waals surface area contributed by atoms with Crippen molar-refractivity contribution >= 4 is 44.0 Å². The van der Waals surface area contributed by atoms with E-state index in [4.69, 9.17) is 9.84 Å². The minimum absolute atomic E-state index is 0.192. The molecule has 0 spiro atoms. The van der Waals surface area contributed by atoms with Gasteiger partial charge < -0.3 is 14.7 Å². The van der Waals surface area contributed by atoms with Crippen LogP contribution in [0.2, 0.25) is 0 Å². The van der Waals surface area contributed by atoms with Crippen molar-refractivity contribution in [3.05, 3.63) is 40.8 Å². The van der Waals surface area contributed by atoms with E-state index in [0.717, 1.165) is 49.4 Å². The van der Waals surface area contributed by atoms with E-state index in [1.54, 1.807) is 0 Å². The molecule has 0 saturated carbocycles. The molecule has 0 amide bonds. The van der Waals surface area contributed by atoms with Crippen LogP contribution in [-0.2, 0) is 17.5 Å². The van der Waals surface area contributed by atoms with E-state index >= 15 is 0 Å². The highest BCUT2D eigenvalue weighted by Crippen LogP contribution is 2.37. The molecule has 184 valence electrons. The first-order valence-electron chi connectivity index (χ1n) is 11.0. The zero-order valence-electron chi connectivity index (χ0n) is 18.8. The topological polar surface area (TPSA) is 65.9 Å². The summed E-state index contributed by atoms with van der Waals surface area (Å²) in [6.07, 6.45) is -3.43. The molecular formula is C23H26F3N3O3S2. The average Bonchev–Trinajstić information content (AvgIpc) is 3.37. The first kappa shape index (κ1) is 24.7. The molecule has 3 aromatic rings. The second-order valence-electron chi connectivity index (χ2n) is 8.84. The summed E-state index contributed by atoms with van der Waals surface area (Å²) in [5.74, 6) is -0.553. The molecule has 0 radical (unpaired) electrons. The number of carbonyl (C=O) groups is 1. The maximum atomic E-state index is 13.1. The number of thiazole rings is 1. The van der Waals surface area contributed by atoms with Gasteiger partial charge in [-0.05, 0) is 47.5 Å². The molecule has 4 rings (SSSR count). The van der Waals surface area contributed by atoms with Crippen LogP contribution in [0.1, 0.15) is 31.4 Å². The largest absolute Gasteiger partial charge is 0.479 e. The van der Waals surface area contributed by atoms with E-state index in [0.29, 0.717) is 21.2 Å². The molecule has 1 aliphatic rings. The van der Waals surface area contributed by atoms with Crippen LogP contribution >= 0.6 is 22.7 Å². The van der Waals surface area contributed by atoms with Crippen LogP contribution in [0, 0.1) is 5.92 Å². The van der Waals surface area contributed by atoms with Gasteiger partial charge in [-0.2, -0.15) is 13.2 Å². The summed E-state index contributed by atoms with van der Waals surface area (Å²) in [4.78, 5) is 19.9. The average molecular weight is 514 g/mol. The fraction of sp³-hybridized carbons (Fsp3) is 0.478. The number of rotatable bonds is 8. The molecule has 3 heterocycles. The molecule has 11 heteroatoms. The zero-order chi connectivity index (χ0) is 24.5. The van der Waals surface area contributed by atoms with E-state index < -0.39 is 17.7 Å². The number of anilines is 1. The molecule has 1 fully saturated rings. The summed E-state index contributed by atoms with van der Waals surface area (Å²) >= 11 is 2.70. The number of aromatic nitrogens is 1. The van der Waals surface area contributed by atoms with Crippen molar-refractivity contribution in [3.63, 3.8) is 0 Å². The van der Waals surface area contributed by atoms with Gasteiger partial charge in [-0.1, -0.05) is 25.2 Å². The summed E-state index contributed by atoms with van der Waals surface area (Å²) < 4.78 is 45.2. The molecule has 1 aromatic carbocycles. The standard InChI is InChI=1S/C23H26F3N3O3S2/c1-14(2)7-17-11-28(10-15-8-21(33-13-15)32-12-20(30)31)5-6-29(17)22-27-18-4-3-16(23(24,25)26)9-19(18)34-22/h3-4,8-9,13-14,17H,5-7,10-12H2,1-2H3,(H,30,31)/t17-/m1/s1. The van der Waals surface area contributed by atoms with Gasteiger partial charge >= 0.3 is 12.1 Å². The Kier molecular flexibility index (Phi) is 7.34. The predicted molar refractivity (Wildman–Crippen MR) is 128 cm³/mol. The third-order valence-corrected chi connectivity index (χ3v) is 7.58. The molecule has 6 nitrogen and oxygen atoms in total. The first-order valence-corrected chi connectivity index (χ1v) is 12.7. The van der Waals surface area contributed by atoms with Crippen LogP contribution in [0.5, 0.6) is 5.06 Å². The van der Waals surface area contributed by atoms with Gasteiger partial charge in [0.25, 0.3) is 0 Å². The van der Waals surface area contributed by atoms with Crippen LogP contribution in [0.3, 0.4) is 0 Å². The number of halogens is 3. The van der Waals surface area contributed by atoms with E-state index in [9.17, 15) is 18.0 Å². The molecule has 0 unspecified atom stereocenters. The van der Waals surface area contributed by atoms with Crippen LogP contribution in [0.4, 0.5) is 18.3 Å². The number of alkyl halides is 3. The summed E-state index contributed by atoms with van der Waals surface area (Å²) in [5, 5.41) is 12.1. The molecule has 1 aliphatic heterocycles. The smallest absolute Gasteiger partial charge is 0.416 e. The quantitative estimate of drug-likeness (QED) is 0.425. The summed E-state index contributed by atoms with van der Waals surface area (Å²) in [5.41, 5.74) is 1.01. The monoisotopic (exact) mass is 513 g/mol. The Morgan fingerprint density at radius 3 is 2.79 bits per heavy atom. The molecule has 0 bridgehead atoms. The Bertz CT molecular complexity index is 1150. The zero-order valence-corrected chi connectivity index (χ0v) is 20.5. The number of ether oxygens (including phenoxy) is 1. The Morgan fingerprint density at radius 1 is 1.29 bits per heavy atom. The Morgan fingerprint density at radius 2 is 2.09 bits per heavy atom. The van der Waals surface area contributed by atoms with Gasteiger partial charge in [-0.3, -0.25) is 4.90 Å². The molecular weight excluding hydrogens is 487 g/mol.